The number of nitrogens with zero attached hydrogens (tertiary/aromatic N) is 1. The van der Waals surface area contributed by atoms with Crippen molar-refractivity contribution < 1.29 is 78.9 Å². The Bertz CT molecular complexity index is 533. The molecule has 0 fully saturated rings. The Morgan fingerprint density at radius 2 is 1.92 bits per heavy atom. The molecule has 1 aromatic carbocycles. The molecule has 130 valence electrons. The molecule has 5 nitrogen and oxygen atoms in total. The van der Waals surface area contributed by atoms with E-state index in [0.717, 1.165) is 0 Å². The van der Waals surface area contributed by atoms with Gasteiger partial charge in [0.1, 0.15) is 5.75 Å². The van der Waals surface area contributed by atoms with Crippen LogP contribution in [0.1, 0.15) is 26.3 Å². The largest absolute Gasteiger partial charge is 1.00 e. The molecule has 24 heavy (non-hydrogen) atoms. The van der Waals surface area contributed by atoms with Crippen LogP contribution in [-0.2, 0) is 16.1 Å². The first kappa shape index (κ1) is 23.8. The van der Waals surface area contributed by atoms with E-state index in [1.54, 1.807) is 6.07 Å². The number of halogens is 3. The summed E-state index contributed by atoms with van der Waals surface area (Å²) in [6.07, 6.45) is -5.44. The van der Waals surface area contributed by atoms with Crippen LogP contribution in [-0.4, -0.2) is 25.5 Å². The van der Waals surface area contributed by atoms with Crippen LogP contribution in [0, 0.1) is 5.41 Å². The molecule has 0 aliphatic rings. The average Bonchev–Trinajstić information content (AvgIpc) is 2.35. The third kappa shape index (κ3) is 9.35. The maximum Gasteiger partial charge on any atom is 1.00 e. The summed E-state index contributed by atoms with van der Waals surface area (Å²) in [5.74, 6) is -0.744. The minimum atomic E-state index is -4.77. The number of ether oxygens (including phenoxy) is 1. The van der Waals surface area contributed by atoms with Gasteiger partial charge in [0.15, 0.2) is 0 Å². The van der Waals surface area contributed by atoms with Crippen LogP contribution in [0.15, 0.2) is 24.3 Å². The molecule has 0 aliphatic carbocycles. The Morgan fingerprint density at radius 1 is 1.29 bits per heavy atom. The maximum absolute atomic E-state index is 12.2. The SMILES string of the molecule is CO[N-]C(NC(=O)Cc1cccc(OC(F)(F)F)c1)C(C)(C)C.[K+]. The first-order valence-electron chi connectivity index (χ1n) is 6.88. The van der Waals surface area contributed by atoms with Gasteiger partial charge in [0.05, 0.1) is 6.42 Å². The van der Waals surface area contributed by atoms with Gasteiger partial charge in [-0.2, -0.15) is 0 Å². The van der Waals surface area contributed by atoms with Gasteiger partial charge < -0.3 is 20.4 Å². The van der Waals surface area contributed by atoms with Crippen molar-refractivity contribution >= 4 is 5.91 Å². The molecule has 0 heterocycles. The summed E-state index contributed by atoms with van der Waals surface area (Å²) < 4.78 is 40.4. The predicted octanol–water partition coefficient (Wildman–Crippen LogP) is 0.555. The average molecular weight is 372 g/mol. The van der Waals surface area contributed by atoms with Crippen molar-refractivity contribution in [2.75, 3.05) is 7.11 Å². The number of amides is 1. The smallest absolute Gasteiger partial charge is 0.514 e. The molecule has 0 saturated heterocycles. The van der Waals surface area contributed by atoms with Crippen molar-refractivity contribution in [1.29, 1.82) is 0 Å². The van der Waals surface area contributed by atoms with Crippen molar-refractivity contribution in [3.05, 3.63) is 35.3 Å². The van der Waals surface area contributed by atoms with E-state index in [2.05, 4.69) is 15.5 Å². The van der Waals surface area contributed by atoms with Gasteiger partial charge in [-0.15, -0.1) is 13.2 Å². The minimum Gasteiger partial charge on any atom is -0.514 e. The Morgan fingerprint density at radius 3 is 2.42 bits per heavy atom. The van der Waals surface area contributed by atoms with Crippen LogP contribution in [0.25, 0.3) is 5.48 Å². The summed E-state index contributed by atoms with van der Waals surface area (Å²) in [7, 11) is 1.38. The van der Waals surface area contributed by atoms with Gasteiger partial charge in [-0.3, -0.25) is 4.79 Å². The van der Waals surface area contributed by atoms with Crippen molar-refractivity contribution in [2.24, 2.45) is 5.41 Å². The molecule has 1 atom stereocenters. The number of nitrogens with one attached hydrogen (secondary N) is 1. The van der Waals surface area contributed by atoms with Crippen LogP contribution in [0.4, 0.5) is 13.2 Å². The molecule has 1 N–H and O–H groups in total. The van der Waals surface area contributed by atoms with Crippen LogP contribution >= 0.6 is 0 Å². The zero-order valence-electron chi connectivity index (χ0n) is 14.4. The second-order valence-electron chi connectivity index (χ2n) is 6.00. The molecular formula is C15H20F3KN2O3. The minimum absolute atomic E-state index is 0. The number of benzene rings is 1. The van der Waals surface area contributed by atoms with Gasteiger partial charge in [-0.1, -0.05) is 32.9 Å². The second kappa shape index (κ2) is 10.1. The first-order chi connectivity index (χ1) is 10.5. The summed E-state index contributed by atoms with van der Waals surface area (Å²) in [6, 6.07) is 5.28. The van der Waals surface area contributed by atoms with E-state index in [9.17, 15) is 18.0 Å². The van der Waals surface area contributed by atoms with E-state index >= 15 is 0 Å². The monoisotopic (exact) mass is 372 g/mol. The summed E-state index contributed by atoms with van der Waals surface area (Å²) in [4.78, 5) is 16.8. The number of hydrogen-bond donors (Lipinski definition) is 1. The van der Waals surface area contributed by atoms with Gasteiger partial charge in [-0.05, 0) is 29.3 Å². The molecule has 9 heteroatoms. The number of hydrogen-bond acceptors (Lipinski definition) is 3. The third-order valence-electron chi connectivity index (χ3n) is 2.83. The topological polar surface area (TPSA) is 61.7 Å². The van der Waals surface area contributed by atoms with Gasteiger partial charge in [-0.25, -0.2) is 0 Å². The summed E-state index contributed by atoms with van der Waals surface area (Å²) in [5, 5.41) is 2.68. The molecule has 0 bridgehead atoms. The Balaban J connectivity index is 0.00000529. The van der Waals surface area contributed by atoms with Crippen molar-refractivity contribution in [2.45, 2.75) is 39.7 Å². The van der Waals surface area contributed by atoms with Crippen LogP contribution in [0.5, 0.6) is 5.75 Å². The molecule has 0 saturated carbocycles. The van der Waals surface area contributed by atoms with Gasteiger partial charge >= 0.3 is 57.7 Å². The van der Waals surface area contributed by atoms with Gasteiger partial charge in [0.2, 0.25) is 5.91 Å². The molecule has 0 radical (unpaired) electrons. The fraction of sp³-hybridized carbons (Fsp3) is 0.533. The fourth-order valence-electron chi connectivity index (χ4n) is 1.75. The molecule has 1 unspecified atom stereocenters. The van der Waals surface area contributed by atoms with Crippen LogP contribution in [0.3, 0.4) is 0 Å². The molecule has 0 aromatic heterocycles. The van der Waals surface area contributed by atoms with Crippen molar-refractivity contribution in [1.82, 2.24) is 5.32 Å². The Hall–Kier alpha value is -0.164. The van der Waals surface area contributed by atoms with E-state index < -0.39 is 12.5 Å². The zero-order valence-corrected chi connectivity index (χ0v) is 17.5. The van der Waals surface area contributed by atoms with Crippen molar-refractivity contribution in [3.8, 4) is 5.75 Å². The molecule has 0 spiro atoms. The van der Waals surface area contributed by atoms with Gasteiger partial charge in [0, 0.05) is 7.11 Å². The third-order valence-corrected chi connectivity index (χ3v) is 2.83. The second-order valence-corrected chi connectivity index (χ2v) is 6.00. The predicted molar refractivity (Wildman–Crippen MR) is 78.6 cm³/mol. The van der Waals surface area contributed by atoms with Crippen molar-refractivity contribution in [3.63, 3.8) is 0 Å². The normalized spacial score (nSPS) is 13.0. The number of alkyl halides is 3. The quantitative estimate of drug-likeness (QED) is 0.586. The Kier molecular flexibility index (Phi) is 10.0. The number of rotatable bonds is 6. The van der Waals surface area contributed by atoms with Crippen LogP contribution in [0.2, 0.25) is 0 Å². The number of carbonyl (C=O) groups excluding carboxylic acids is 1. The molecular weight excluding hydrogens is 352 g/mol. The summed E-state index contributed by atoms with van der Waals surface area (Å²) >= 11 is 0. The summed E-state index contributed by atoms with van der Waals surface area (Å²) in [6.45, 7) is 5.62. The van der Waals surface area contributed by atoms with E-state index in [0.29, 0.717) is 5.56 Å². The number of hydroxylamine groups is 1. The summed E-state index contributed by atoms with van der Waals surface area (Å²) in [5.41, 5.74) is 3.87. The molecule has 0 aliphatic heterocycles. The van der Waals surface area contributed by atoms with E-state index in [1.165, 1.54) is 25.3 Å². The maximum atomic E-state index is 12.2. The zero-order chi connectivity index (χ0) is 17.7. The molecule has 1 aromatic rings. The van der Waals surface area contributed by atoms with Crippen LogP contribution < -0.4 is 61.4 Å². The van der Waals surface area contributed by atoms with E-state index in [1.807, 2.05) is 20.8 Å². The molecule has 1 rings (SSSR count). The van der Waals surface area contributed by atoms with E-state index in [-0.39, 0.29) is 74.9 Å². The fourth-order valence-corrected chi connectivity index (χ4v) is 1.75. The molecule has 1 amide bonds. The van der Waals surface area contributed by atoms with Gasteiger partial charge in [0.25, 0.3) is 0 Å². The Labute approximate surface area is 182 Å². The number of carbonyl (C=O) groups is 1. The van der Waals surface area contributed by atoms with E-state index in [4.69, 9.17) is 4.84 Å². The first-order valence-corrected chi connectivity index (χ1v) is 6.88. The standard InChI is InChI=1S/C15H20F3N2O3.K/c1-14(2,3)13(20-22-4)19-12(21)9-10-6-5-7-11(8-10)23-15(16,17)18;/h5-8,13H,9H2,1-4H3,(H,19,21);/q-1;+1.